The van der Waals surface area contributed by atoms with Crippen molar-refractivity contribution in [1.82, 2.24) is 14.5 Å². The number of imidazole rings is 1. The molecule has 0 fully saturated rings. The summed E-state index contributed by atoms with van der Waals surface area (Å²) in [5, 5.41) is 0. The number of aryl methyl sites for hydroxylation is 1. The summed E-state index contributed by atoms with van der Waals surface area (Å²) in [7, 11) is 2.00. The van der Waals surface area contributed by atoms with E-state index in [1.54, 1.807) is 0 Å². The van der Waals surface area contributed by atoms with Crippen molar-refractivity contribution in [3.8, 4) is 0 Å². The molecule has 0 saturated carbocycles. The molecule has 0 aromatic carbocycles. The Morgan fingerprint density at radius 3 is 2.89 bits per heavy atom. The number of fused-ring (bicyclic) bond motifs is 1. The first-order valence-corrected chi connectivity index (χ1v) is 6.49. The van der Waals surface area contributed by atoms with E-state index in [-0.39, 0.29) is 0 Å². The molecular weight excluding hydrogens is 226 g/mol. The molecule has 5 heteroatoms. The SMILES string of the molecule is CCCN(CCCN)c1nccc2c1ncn2C. The highest BCUT2D eigenvalue weighted by Crippen LogP contribution is 2.22. The van der Waals surface area contributed by atoms with Crippen LogP contribution in [0.2, 0.25) is 0 Å². The molecule has 0 unspecified atom stereocenters. The van der Waals surface area contributed by atoms with Gasteiger partial charge < -0.3 is 15.2 Å². The Labute approximate surface area is 108 Å². The van der Waals surface area contributed by atoms with Gasteiger partial charge in [0.15, 0.2) is 5.82 Å². The van der Waals surface area contributed by atoms with E-state index in [1.807, 2.05) is 30.2 Å². The summed E-state index contributed by atoms with van der Waals surface area (Å²) < 4.78 is 2.02. The summed E-state index contributed by atoms with van der Waals surface area (Å²) >= 11 is 0. The zero-order valence-corrected chi connectivity index (χ0v) is 11.1. The molecule has 0 radical (unpaired) electrons. The Morgan fingerprint density at radius 1 is 1.33 bits per heavy atom. The lowest BCUT2D eigenvalue weighted by atomic mass is 10.3. The van der Waals surface area contributed by atoms with Gasteiger partial charge in [0.05, 0.1) is 11.8 Å². The topological polar surface area (TPSA) is 60.0 Å². The standard InChI is InChI=1S/C13H21N5/c1-3-8-18(9-4-6-14)13-12-11(5-7-15-13)17(2)10-16-12/h5,7,10H,3-4,6,8-9,14H2,1-2H3. The first kappa shape index (κ1) is 12.8. The molecule has 2 aromatic rings. The van der Waals surface area contributed by atoms with Gasteiger partial charge in [0, 0.05) is 26.3 Å². The van der Waals surface area contributed by atoms with E-state index in [9.17, 15) is 0 Å². The van der Waals surface area contributed by atoms with E-state index in [0.717, 1.165) is 42.8 Å². The Bertz CT molecular complexity index is 505. The number of anilines is 1. The minimum absolute atomic E-state index is 0.707. The lowest BCUT2D eigenvalue weighted by Crippen LogP contribution is -2.28. The van der Waals surface area contributed by atoms with Gasteiger partial charge in [-0.2, -0.15) is 0 Å². The van der Waals surface area contributed by atoms with E-state index < -0.39 is 0 Å². The van der Waals surface area contributed by atoms with E-state index in [2.05, 4.69) is 21.8 Å². The van der Waals surface area contributed by atoms with Crippen LogP contribution in [-0.4, -0.2) is 34.2 Å². The van der Waals surface area contributed by atoms with Crippen molar-refractivity contribution in [2.75, 3.05) is 24.5 Å². The molecule has 0 bridgehead atoms. The predicted octanol–water partition coefficient (Wildman–Crippen LogP) is 1.53. The third-order valence-corrected chi connectivity index (χ3v) is 3.05. The zero-order chi connectivity index (χ0) is 13.0. The number of nitrogens with two attached hydrogens (primary N) is 1. The average Bonchev–Trinajstić information content (AvgIpc) is 2.77. The van der Waals surface area contributed by atoms with Crippen LogP contribution in [0.5, 0.6) is 0 Å². The van der Waals surface area contributed by atoms with Crippen LogP contribution in [0.4, 0.5) is 5.82 Å². The van der Waals surface area contributed by atoms with Crippen molar-refractivity contribution >= 4 is 16.9 Å². The summed E-state index contributed by atoms with van der Waals surface area (Å²) in [4.78, 5) is 11.2. The van der Waals surface area contributed by atoms with Gasteiger partial charge in [-0.15, -0.1) is 0 Å². The Morgan fingerprint density at radius 2 is 2.17 bits per heavy atom. The zero-order valence-electron chi connectivity index (χ0n) is 11.1. The molecule has 2 aromatic heterocycles. The molecule has 98 valence electrons. The maximum absolute atomic E-state index is 5.60. The van der Waals surface area contributed by atoms with Gasteiger partial charge in [-0.3, -0.25) is 0 Å². The number of rotatable bonds is 6. The minimum atomic E-state index is 0.707. The smallest absolute Gasteiger partial charge is 0.156 e. The van der Waals surface area contributed by atoms with E-state index in [0.29, 0.717) is 6.54 Å². The van der Waals surface area contributed by atoms with Crippen LogP contribution in [0, 0.1) is 0 Å². The monoisotopic (exact) mass is 247 g/mol. The first-order valence-electron chi connectivity index (χ1n) is 6.49. The van der Waals surface area contributed by atoms with Gasteiger partial charge in [0.25, 0.3) is 0 Å². The molecule has 0 amide bonds. The fraction of sp³-hybridized carbons (Fsp3) is 0.538. The van der Waals surface area contributed by atoms with Crippen LogP contribution in [0.3, 0.4) is 0 Å². The average molecular weight is 247 g/mol. The van der Waals surface area contributed by atoms with Crippen LogP contribution in [0.25, 0.3) is 11.0 Å². The summed E-state index contributed by atoms with van der Waals surface area (Å²) in [5.41, 5.74) is 7.70. The molecule has 5 nitrogen and oxygen atoms in total. The highest BCUT2D eigenvalue weighted by atomic mass is 15.2. The Hall–Kier alpha value is -1.62. The highest BCUT2D eigenvalue weighted by molar-refractivity contribution is 5.86. The van der Waals surface area contributed by atoms with Crippen molar-refractivity contribution in [1.29, 1.82) is 0 Å². The maximum Gasteiger partial charge on any atom is 0.156 e. The predicted molar refractivity (Wildman–Crippen MR) is 74.7 cm³/mol. The second-order valence-corrected chi connectivity index (χ2v) is 4.49. The summed E-state index contributed by atoms with van der Waals surface area (Å²) in [5.74, 6) is 0.975. The third-order valence-electron chi connectivity index (χ3n) is 3.05. The highest BCUT2D eigenvalue weighted by Gasteiger charge is 2.13. The van der Waals surface area contributed by atoms with Crippen molar-refractivity contribution in [2.24, 2.45) is 12.8 Å². The summed E-state index contributed by atoms with van der Waals surface area (Å²) in [6.07, 6.45) is 5.76. The number of pyridine rings is 1. The first-order chi connectivity index (χ1) is 8.77. The number of nitrogens with zero attached hydrogens (tertiary/aromatic N) is 4. The van der Waals surface area contributed by atoms with Crippen molar-refractivity contribution in [2.45, 2.75) is 19.8 Å². The molecule has 0 saturated heterocycles. The molecule has 0 aliphatic carbocycles. The third kappa shape index (κ3) is 2.46. The number of hydrogen-bond acceptors (Lipinski definition) is 4. The van der Waals surface area contributed by atoms with Gasteiger partial charge >= 0.3 is 0 Å². The molecule has 2 rings (SSSR count). The van der Waals surface area contributed by atoms with Crippen LogP contribution in [-0.2, 0) is 7.05 Å². The number of aromatic nitrogens is 3. The lowest BCUT2D eigenvalue weighted by Gasteiger charge is -2.23. The van der Waals surface area contributed by atoms with Gasteiger partial charge in [-0.1, -0.05) is 6.92 Å². The second-order valence-electron chi connectivity index (χ2n) is 4.49. The normalized spacial score (nSPS) is 11.1. The molecule has 0 aliphatic rings. The largest absolute Gasteiger partial charge is 0.355 e. The lowest BCUT2D eigenvalue weighted by molar-refractivity contribution is 0.714. The van der Waals surface area contributed by atoms with E-state index >= 15 is 0 Å². The maximum atomic E-state index is 5.60. The number of hydrogen-bond donors (Lipinski definition) is 1. The summed E-state index contributed by atoms with van der Waals surface area (Å²) in [6, 6.07) is 2.00. The van der Waals surface area contributed by atoms with Crippen molar-refractivity contribution in [3.05, 3.63) is 18.6 Å². The van der Waals surface area contributed by atoms with Gasteiger partial charge in [0.1, 0.15) is 5.52 Å². The Balaban J connectivity index is 2.36. The van der Waals surface area contributed by atoms with Crippen molar-refractivity contribution in [3.63, 3.8) is 0 Å². The van der Waals surface area contributed by atoms with Crippen LogP contribution in [0.1, 0.15) is 19.8 Å². The second kappa shape index (κ2) is 5.82. The minimum Gasteiger partial charge on any atom is -0.355 e. The van der Waals surface area contributed by atoms with Crippen molar-refractivity contribution < 1.29 is 0 Å². The molecule has 18 heavy (non-hydrogen) atoms. The van der Waals surface area contributed by atoms with Gasteiger partial charge in [-0.25, -0.2) is 9.97 Å². The fourth-order valence-electron chi connectivity index (χ4n) is 2.16. The molecule has 0 spiro atoms. The van der Waals surface area contributed by atoms with Crippen LogP contribution in [0.15, 0.2) is 18.6 Å². The molecule has 2 N–H and O–H groups in total. The van der Waals surface area contributed by atoms with Gasteiger partial charge in [0.2, 0.25) is 0 Å². The fourth-order valence-corrected chi connectivity index (χ4v) is 2.16. The Kier molecular flexibility index (Phi) is 4.15. The molecular formula is C13H21N5. The van der Waals surface area contributed by atoms with E-state index in [1.165, 1.54) is 0 Å². The molecule has 2 heterocycles. The quantitative estimate of drug-likeness (QED) is 0.841. The summed E-state index contributed by atoms with van der Waals surface area (Å²) in [6.45, 7) is 4.81. The van der Waals surface area contributed by atoms with Crippen LogP contribution >= 0.6 is 0 Å². The molecule has 0 atom stereocenters. The van der Waals surface area contributed by atoms with Crippen LogP contribution < -0.4 is 10.6 Å². The van der Waals surface area contributed by atoms with Gasteiger partial charge in [-0.05, 0) is 25.5 Å². The molecule has 0 aliphatic heterocycles. The van der Waals surface area contributed by atoms with E-state index in [4.69, 9.17) is 5.73 Å².